The molecule has 0 radical (unpaired) electrons. The molecule has 1 unspecified atom stereocenters. The van der Waals surface area contributed by atoms with E-state index in [9.17, 15) is 47.9 Å². The van der Waals surface area contributed by atoms with E-state index in [2.05, 4.69) is 5.32 Å². The topological polar surface area (TPSA) is 243 Å². The zero-order valence-electron chi connectivity index (χ0n) is 44.2. The zero-order chi connectivity index (χ0) is 53.1. The van der Waals surface area contributed by atoms with Gasteiger partial charge in [0.15, 0.2) is 22.4 Å². The molecule has 0 bridgehead atoms. The van der Waals surface area contributed by atoms with Crippen LogP contribution in [0.2, 0.25) is 0 Å². The van der Waals surface area contributed by atoms with Crippen LogP contribution in [0, 0.1) is 23.7 Å². The largest absolute Gasteiger partial charge is 0.459 e. The number of rotatable bonds is 15. The number of carbonyl (C=O) groups excluding carboxylic acids is 2. The first-order valence-electron chi connectivity index (χ1n) is 25.4. The molecule has 0 spiro atoms. The summed E-state index contributed by atoms with van der Waals surface area (Å²) >= 11 is 0. The number of likely N-dealkylation sites (N-methyl/N-ethyl adjacent to an activating group) is 2. The number of alkyl halides is 1. The summed E-state index contributed by atoms with van der Waals surface area (Å²) in [5.74, 6) is -2.77. The number of halogens is 1. The van der Waals surface area contributed by atoms with E-state index in [-0.39, 0.29) is 60.7 Å². The lowest BCUT2D eigenvalue weighted by Gasteiger charge is -2.47. The fourth-order valence-corrected chi connectivity index (χ4v) is 11.6. The zero-order valence-corrected chi connectivity index (χ0v) is 45.0. The van der Waals surface area contributed by atoms with Crippen molar-refractivity contribution in [2.45, 2.75) is 208 Å². The summed E-state index contributed by atoms with van der Waals surface area (Å²) in [4.78, 5) is 31.7. The van der Waals surface area contributed by atoms with Gasteiger partial charge in [0.1, 0.15) is 36.7 Å². The van der Waals surface area contributed by atoms with Gasteiger partial charge in [-0.2, -0.15) is 0 Å². The highest BCUT2D eigenvalue weighted by atomic mass is 32.2. The van der Waals surface area contributed by atoms with Gasteiger partial charge in [0.05, 0.1) is 52.5 Å². The Labute approximate surface area is 421 Å². The molecule has 71 heavy (non-hydrogen) atoms. The van der Waals surface area contributed by atoms with E-state index in [1.807, 2.05) is 37.7 Å². The third-order valence-corrected chi connectivity index (χ3v) is 17.0. The monoisotopic (exact) mass is 1030 g/mol. The number of aliphatic hydroxyl groups excluding tert-OH is 3. The molecule has 0 aromatic heterocycles. The van der Waals surface area contributed by atoms with Crippen molar-refractivity contribution >= 4 is 21.7 Å². The number of cyclic esters (lactones) is 1. The van der Waals surface area contributed by atoms with Crippen molar-refractivity contribution < 1.29 is 76.4 Å². The van der Waals surface area contributed by atoms with Gasteiger partial charge in [-0.15, -0.1) is 0 Å². The summed E-state index contributed by atoms with van der Waals surface area (Å²) in [7, 11) is 1.75. The second-order valence-electron chi connectivity index (χ2n) is 22.2. The number of ether oxygens (including phenoxy) is 6. The molecule has 18 nitrogen and oxygen atoms in total. The maximum atomic E-state index is 14.3. The highest BCUT2D eigenvalue weighted by molar-refractivity contribution is 7.90. The lowest BCUT2D eigenvalue weighted by molar-refractivity contribution is -0.308. The molecule has 1 amide bonds. The lowest BCUT2D eigenvalue weighted by atomic mass is 9.83. The van der Waals surface area contributed by atoms with Crippen molar-refractivity contribution in [2.24, 2.45) is 23.7 Å². The predicted molar refractivity (Wildman–Crippen MR) is 261 cm³/mol. The minimum absolute atomic E-state index is 0.0760. The molecule has 20 heteroatoms. The van der Waals surface area contributed by atoms with Crippen LogP contribution in [0.3, 0.4) is 0 Å². The Kier molecular flexibility index (Phi) is 20.1. The Balaban J connectivity index is 1.38. The van der Waals surface area contributed by atoms with Crippen molar-refractivity contribution in [3.8, 4) is 0 Å². The van der Waals surface area contributed by atoms with Crippen molar-refractivity contribution in [2.75, 3.05) is 47.2 Å². The summed E-state index contributed by atoms with van der Waals surface area (Å²) in [6, 6.07) is 4.26. The summed E-state index contributed by atoms with van der Waals surface area (Å²) in [5, 5.41) is 62.1. The molecule has 1 aromatic rings. The first-order valence-corrected chi connectivity index (χ1v) is 27.3. The molecule has 1 aromatic carbocycles. The molecule has 408 valence electrons. The predicted octanol–water partition coefficient (Wildman–Crippen LogP) is 2.76. The first kappa shape index (κ1) is 59.4. The molecule has 1 saturated carbocycles. The Morgan fingerprint density at radius 2 is 1.63 bits per heavy atom. The van der Waals surface area contributed by atoms with Gasteiger partial charge >= 0.3 is 5.97 Å². The number of hydrogen-bond donors (Lipinski definition) is 6. The van der Waals surface area contributed by atoms with E-state index in [1.165, 1.54) is 26.2 Å². The third kappa shape index (κ3) is 14.7. The molecule has 3 saturated heterocycles. The number of aliphatic hydroxyl groups is 5. The van der Waals surface area contributed by atoms with Crippen LogP contribution in [0.5, 0.6) is 0 Å². The molecule has 3 heterocycles. The van der Waals surface area contributed by atoms with Crippen LogP contribution < -0.4 is 5.32 Å². The summed E-state index contributed by atoms with van der Waals surface area (Å²) in [6.07, 6.45) is -7.80. The van der Waals surface area contributed by atoms with Crippen molar-refractivity contribution in [1.82, 2.24) is 15.1 Å². The van der Waals surface area contributed by atoms with Gasteiger partial charge in [-0.25, -0.2) is 12.8 Å². The second kappa shape index (κ2) is 24.0. The van der Waals surface area contributed by atoms with E-state index >= 15 is 0 Å². The van der Waals surface area contributed by atoms with Gasteiger partial charge in [-0.1, -0.05) is 26.0 Å². The van der Waals surface area contributed by atoms with E-state index < -0.39 is 125 Å². The first-order chi connectivity index (χ1) is 33.0. The number of sulfone groups is 1. The number of esters is 1. The highest BCUT2D eigenvalue weighted by Gasteiger charge is 2.52. The van der Waals surface area contributed by atoms with Gasteiger partial charge in [-0.3, -0.25) is 9.59 Å². The second-order valence-corrected chi connectivity index (χ2v) is 24.3. The Morgan fingerprint density at radius 1 is 0.986 bits per heavy atom. The van der Waals surface area contributed by atoms with Crippen LogP contribution in [0.15, 0.2) is 29.2 Å². The Hall–Kier alpha value is -2.44. The Morgan fingerprint density at radius 3 is 2.23 bits per heavy atom. The number of benzene rings is 1. The molecular formula is C51H86FN3O15S. The molecule has 3 aliphatic heterocycles. The van der Waals surface area contributed by atoms with Crippen LogP contribution in [-0.2, 0) is 54.3 Å². The highest BCUT2D eigenvalue weighted by Crippen LogP contribution is 2.42. The van der Waals surface area contributed by atoms with Gasteiger partial charge in [0, 0.05) is 57.3 Å². The van der Waals surface area contributed by atoms with Gasteiger partial charge in [-0.05, 0) is 124 Å². The molecule has 1 aliphatic carbocycles. The van der Waals surface area contributed by atoms with Gasteiger partial charge in [0.25, 0.3) is 0 Å². The smallest absolute Gasteiger partial charge is 0.311 e. The molecule has 5 rings (SSSR count). The maximum Gasteiger partial charge on any atom is 0.311 e. The number of methoxy groups -OCH3 is 1. The van der Waals surface area contributed by atoms with Gasteiger partial charge in [0.2, 0.25) is 5.91 Å². The number of amides is 1. The number of hydrogen-bond acceptors (Lipinski definition) is 17. The number of carbonyl (C=O) groups is 2. The van der Waals surface area contributed by atoms with Crippen molar-refractivity contribution in [3.05, 3.63) is 29.8 Å². The maximum absolute atomic E-state index is 14.3. The summed E-state index contributed by atoms with van der Waals surface area (Å²) in [6.45, 7) is 15.5. The van der Waals surface area contributed by atoms with Crippen LogP contribution in [0.25, 0.3) is 0 Å². The van der Waals surface area contributed by atoms with E-state index in [1.54, 1.807) is 53.7 Å². The summed E-state index contributed by atoms with van der Waals surface area (Å²) < 4.78 is 75.7. The number of nitrogens with zero attached hydrogens (tertiary/aromatic N) is 2. The molecule has 20 atom stereocenters. The van der Waals surface area contributed by atoms with Crippen molar-refractivity contribution in [3.63, 3.8) is 0 Å². The van der Waals surface area contributed by atoms with Gasteiger partial charge < -0.3 is 69.1 Å². The quantitative estimate of drug-likeness (QED) is 0.138. The molecular weight excluding hydrogens is 946 g/mol. The van der Waals surface area contributed by atoms with E-state index in [0.717, 1.165) is 6.26 Å². The lowest BCUT2D eigenvalue weighted by Crippen LogP contribution is -2.59. The van der Waals surface area contributed by atoms with Crippen LogP contribution in [-0.4, -0.2) is 199 Å². The number of nitrogens with one attached hydrogen (secondary N) is 1. The minimum atomic E-state index is -3.39. The fraction of sp³-hybridized carbons (Fsp3) is 0.843. The third-order valence-electron chi connectivity index (χ3n) is 15.9. The van der Waals surface area contributed by atoms with E-state index in [4.69, 9.17) is 28.4 Å². The van der Waals surface area contributed by atoms with E-state index in [0.29, 0.717) is 31.5 Å². The van der Waals surface area contributed by atoms with Crippen LogP contribution in [0.4, 0.5) is 4.39 Å². The molecule has 4 fully saturated rings. The normalized spacial score (nSPS) is 41.9. The van der Waals surface area contributed by atoms with Crippen LogP contribution in [0.1, 0.15) is 106 Å². The Bertz CT molecular complexity index is 2020. The fourth-order valence-electron chi connectivity index (χ4n) is 11.0. The standard InChI is InChI=1S/C51H86FN3O15S/c1-14-40-51(9,62)44(57)31(5)54(10)26-28(2)23-49(7,61)41(22-39(30(4)47(60)69-40)68-42-24-50(8,65-12)45(58)32(6)67-42)70-48-43(56)38(19-29(3)66-48)55(11)27-34-21-37(34)46(59)53-35(25-52)20-33-15-17-36(18-16-33)71(13,63)64/h15-18,28-32,34-35,37-45,48,56-58,61-62H,14,19-27H2,1-13H3,(H,53,59)/t28-,29-,30-,31-,32+,34+,35+,37-,38?,39+,40-,41-,42+,43-,44-,45+,48+,49-,50-,51-/m1/s1. The van der Waals surface area contributed by atoms with Crippen molar-refractivity contribution in [1.29, 1.82) is 0 Å². The molecule has 6 N–H and O–H groups in total. The van der Waals surface area contributed by atoms with Crippen LogP contribution >= 0.6 is 0 Å². The summed E-state index contributed by atoms with van der Waals surface area (Å²) in [5.41, 5.74) is -3.90. The molecule has 4 aliphatic rings. The average Bonchev–Trinajstić information content (AvgIpc) is 4.07. The average molecular weight is 1030 g/mol. The minimum Gasteiger partial charge on any atom is -0.459 e. The SMILES string of the molecule is CC[C@H]1OC(=O)[C@H](C)[C@@H](O[C@H]2C[C@@](C)(OC)[C@@H](O)[C@H](C)O2)C[C@@H](O[C@@H]2O[C@H](C)CC(N(C)C[C@@H]3C[C@H]3C(=O)N[C@H](CF)Cc3ccc(S(C)(=O)=O)cc3)[C@H]2O)[C@](C)(O)C[C@@H](C)CN(C)[C@H](C)[C@@H](O)[C@]1(C)O.